The first-order valence-corrected chi connectivity index (χ1v) is 3.80. The molecule has 0 aromatic carbocycles. The van der Waals surface area contributed by atoms with Crippen molar-refractivity contribution in [3.8, 4) is 0 Å². The molecule has 54 valence electrons. The second-order valence-corrected chi connectivity index (χ2v) is 3.53. The van der Waals surface area contributed by atoms with Gasteiger partial charge >= 0.3 is 5.97 Å². The van der Waals surface area contributed by atoms with E-state index in [-0.39, 0.29) is 0 Å². The molecule has 0 unspecified atom stereocenters. The predicted octanol–water partition coefficient (Wildman–Crippen LogP) is 2.41. The molecule has 0 spiro atoms. The van der Waals surface area contributed by atoms with Crippen molar-refractivity contribution < 1.29 is 9.90 Å². The standard InChI is InChI=1S/C6H5ClO2S/c1-3-2-4(6(8)9)10-5(3)7/h2H,1H3,(H,8,9). The summed E-state index contributed by atoms with van der Waals surface area (Å²) in [7, 11) is 0. The van der Waals surface area contributed by atoms with E-state index in [0.29, 0.717) is 9.21 Å². The minimum atomic E-state index is -0.917. The highest BCUT2D eigenvalue weighted by Crippen LogP contribution is 2.26. The van der Waals surface area contributed by atoms with Gasteiger partial charge in [0.05, 0.1) is 4.34 Å². The summed E-state index contributed by atoms with van der Waals surface area (Å²) in [6.07, 6.45) is 0. The van der Waals surface area contributed by atoms with Gasteiger partial charge in [0.25, 0.3) is 0 Å². The number of carboxylic acids is 1. The Kier molecular flexibility index (Phi) is 1.97. The van der Waals surface area contributed by atoms with Gasteiger partial charge in [-0.25, -0.2) is 4.79 Å². The summed E-state index contributed by atoms with van der Waals surface area (Å²) in [6.45, 7) is 1.78. The summed E-state index contributed by atoms with van der Waals surface area (Å²) in [5.41, 5.74) is 0.823. The maximum Gasteiger partial charge on any atom is 0.345 e. The molecule has 0 aliphatic rings. The molecule has 0 atom stereocenters. The molecular formula is C6H5ClO2S. The molecule has 0 radical (unpaired) electrons. The summed E-state index contributed by atoms with van der Waals surface area (Å²) >= 11 is 6.72. The van der Waals surface area contributed by atoms with E-state index >= 15 is 0 Å². The molecule has 0 amide bonds. The third kappa shape index (κ3) is 1.30. The number of hydrogen-bond donors (Lipinski definition) is 1. The van der Waals surface area contributed by atoms with Crippen LogP contribution in [-0.2, 0) is 0 Å². The molecule has 10 heavy (non-hydrogen) atoms. The predicted molar refractivity (Wildman–Crippen MR) is 41.0 cm³/mol. The Hall–Kier alpha value is -0.540. The van der Waals surface area contributed by atoms with Crippen molar-refractivity contribution in [3.05, 3.63) is 20.8 Å². The fourth-order valence-electron chi connectivity index (χ4n) is 0.565. The van der Waals surface area contributed by atoms with E-state index in [0.717, 1.165) is 16.9 Å². The topological polar surface area (TPSA) is 37.3 Å². The lowest BCUT2D eigenvalue weighted by Crippen LogP contribution is -1.89. The molecular weight excluding hydrogens is 172 g/mol. The third-order valence-electron chi connectivity index (χ3n) is 1.07. The van der Waals surface area contributed by atoms with Crippen LogP contribution in [0.2, 0.25) is 4.34 Å². The maximum absolute atomic E-state index is 10.3. The first-order chi connectivity index (χ1) is 4.61. The largest absolute Gasteiger partial charge is 0.477 e. The first kappa shape index (κ1) is 7.57. The van der Waals surface area contributed by atoms with E-state index < -0.39 is 5.97 Å². The van der Waals surface area contributed by atoms with Gasteiger partial charge in [-0.05, 0) is 18.6 Å². The summed E-state index contributed by atoms with van der Waals surface area (Å²) in [6, 6.07) is 1.56. The minimum absolute atomic E-state index is 0.294. The molecule has 1 N–H and O–H groups in total. The van der Waals surface area contributed by atoms with Crippen LogP contribution in [0.5, 0.6) is 0 Å². The summed E-state index contributed by atoms with van der Waals surface area (Å²) in [4.78, 5) is 10.6. The van der Waals surface area contributed by atoms with Crippen molar-refractivity contribution >= 4 is 28.9 Å². The van der Waals surface area contributed by atoms with Gasteiger partial charge in [0.2, 0.25) is 0 Å². The van der Waals surface area contributed by atoms with Crippen molar-refractivity contribution in [2.24, 2.45) is 0 Å². The Morgan fingerprint density at radius 3 is 2.60 bits per heavy atom. The normalized spacial score (nSPS) is 9.80. The van der Waals surface area contributed by atoms with Crippen LogP contribution < -0.4 is 0 Å². The van der Waals surface area contributed by atoms with Gasteiger partial charge in [-0.1, -0.05) is 11.6 Å². The molecule has 0 fully saturated rings. The van der Waals surface area contributed by atoms with Crippen LogP contribution in [0.3, 0.4) is 0 Å². The van der Waals surface area contributed by atoms with Crippen molar-refractivity contribution in [1.82, 2.24) is 0 Å². The van der Waals surface area contributed by atoms with Crippen molar-refractivity contribution in [3.63, 3.8) is 0 Å². The summed E-state index contributed by atoms with van der Waals surface area (Å²) < 4.78 is 0.553. The molecule has 1 rings (SSSR count). The zero-order valence-electron chi connectivity index (χ0n) is 5.22. The Bertz CT molecular complexity index is 247. The lowest BCUT2D eigenvalue weighted by molar-refractivity contribution is 0.0702. The number of thiophene rings is 1. The number of aromatic carboxylic acids is 1. The Morgan fingerprint density at radius 2 is 2.40 bits per heavy atom. The SMILES string of the molecule is Cc1cc(C(=O)O)sc1Cl. The number of aryl methyl sites for hydroxylation is 1. The Balaban J connectivity index is 3.10. The maximum atomic E-state index is 10.3. The molecule has 0 saturated heterocycles. The number of carbonyl (C=O) groups is 1. The molecule has 0 bridgehead atoms. The zero-order chi connectivity index (χ0) is 7.72. The van der Waals surface area contributed by atoms with E-state index in [1.54, 1.807) is 13.0 Å². The summed E-state index contributed by atoms with van der Waals surface area (Å²) in [5.74, 6) is -0.917. The van der Waals surface area contributed by atoms with Gasteiger partial charge < -0.3 is 5.11 Å². The van der Waals surface area contributed by atoms with Crippen LogP contribution in [0.15, 0.2) is 6.07 Å². The van der Waals surface area contributed by atoms with Crippen LogP contribution in [0.4, 0.5) is 0 Å². The fourth-order valence-corrected chi connectivity index (χ4v) is 1.61. The van der Waals surface area contributed by atoms with Gasteiger partial charge in [0, 0.05) is 0 Å². The second-order valence-electron chi connectivity index (χ2n) is 1.87. The van der Waals surface area contributed by atoms with Gasteiger partial charge in [-0.2, -0.15) is 0 Å². The Labute approximate surface area is 67.1 Å². The lowest BCUT2D eigenvalue weighted by atomic mass is 10.3. The second kappa shape index (κ2) is 2.60. The van der Waals surface area contributed by atoms with Gasteiger partial charge in [0.1, 0.15) is 4.88 Å². The summed E-state index contributed by atoms with van der Waals surface area (Å²) in [5, 5.41) is 8.47. The highest BCUT2D eigenvalue weighted by molar-refractivity contribution is 7.18. The average molecular weight is 177 g/mol. The van der Waals surface area contributed by atoms with Gasteiger partial charge in [-0.3, -0.25) is 0 Å². The van der Waals surface area contributed by atoms with Gasteiger partial charge in [-0.15, -0.1) is 11.3 Å². The zero-order valence-corrected chi connectivity index (χ0v) is 6.79. The molecule has 0 saturated carbocycles. The van der Waals surface area contributed by atoms with Crippen molar-refractivity contribution in [2.75, 3.05) is 0 Å². The van der Waals surface area contributed by atoms with E-state index in [1.165, 1.54) is 0 Å². The third-order valence-corrected chi connectivity index (χ3v) is 2.61. The molecule has 2 nitrogen and oxygen atoms in total. The smallest absolute Gasteiger partial charge is 0.345 e. The van der Waals surface area contributed by atoms with E-state index in [1.807, 2.05) is 0 Å². The van der Waals surface area contributed by atoms with Crippen LogP contribution in [0, 0.1) is 6.92 Å². The molecule has 1 aromatic rings. The highest BCUT2D eigenvalue weighted by Gasteiger charge is 2.08. The van der Waals surface area contributed by atoms with E-state index in [4.69, 9.17) is 16.7 Å². The molecule has 0 aliphatic heterocycles. The first-order valence-electron chi connectivity index (χ1n) is 2.60. The number of rotatable bonds is 1. The van der Waals surface area contributed by atoms with Crippen molar-refractivity contribution in [2.45, 2.75) is 6.92 Å². The molecule has 1 aromatic heterocycles. The molecule has 1 heterocycles. The highest BCUT2D eigenvalue weighted by atomic mass is 35.5. The number of hydrogen-bond acceptors (Lipinski definition) is 2. The van der Waals surface area contributed by atoms with Gasteiger partial charge in [0.15, 0.2) is 0 Å². The quantitative estimate of drug-likeness (QED) is 0.714. The number of halogens is 1. The van der Waals surface area contributed by atoms with Crippen LogP contribution in [-0.4, -0.2) is 11.1 Å². The Morgan fingerprint density at radius 1 is 1.80 bits per heavy atom. The van der Waals surface area contributed by atoms with Crippen LogP contribution in [0.25, 0.3) is 0 Å². The number of carboxylic acid groups (broad SMARTS) is 1. The van der Waals surface area contributed by atoms with Crippen molar-refractivity contribution in [1.29, 1.82) is 0 Å². The van der Waals surface area contributed by atoms with Crippen LogP contribution in [0.1, 0.15) is 15.2 Å². The average Bonchev–Trinajstić information content (AvgIpc) is 2.13. The minimum Gasteiger partial charge on any atom is -0.477 e. The lowest BCUT2D eigenvalue weighted by Gasteiger charge is -1.79. The van der Waals surface area contributed by atoms with E-state index in [9.17, 15) is 4.79 Å². The fraction of sp³-hybridized carbons (Fsp3) is 0.167. The van der Waals surface area contributed by atoms with E-state index in [2.05, 4.69) is 0 Å². The van der Waals surface area contributed by atoms with Crippen LogP contribution >= 0.6 is 22.9 Å². The molecule has 4 heteroatoms. The monoisotopic (exact) mass is 176 g/mol. The molecule has 0 aliphatic carbocycles.